The van der Waals surface area contributed by atoms with Gasteiger partial charge in [-0.2, -0.15) is 5.10 Å². The maximum Gasteiger partial charge on any atom is 0.0661 e. The summed E-state index contributed by atoms with van der Waals surface area (Å²) in [5.41, 5.74) is 5.28. The Bertz CT molecular complexity index is 563. The summed E-state index contributed by atoms with van der Waals surface area (Å²) < 4.78 is 2.00. The molecule has 21 heavy (non-hydrogen) atoms. The first kappa shape index (κ1) is 14.3. The molecule has 3 rings (SSSR count). The third-order valence-electron chi connectivity index (χ3n) is 4.62. The Morgan fingerprint density at radius 2 is 2.05 bits per heavy atom. The van der Waals surface area contributed by atoms with Crippen molar-refractivity contribution in [3.8, 4) is 5.69 Å². The molecule has 0 spiro atoms. The van der Waals surface area contributed by atoms with E-state index in [1.165, 1.54) is 25.7 Å². The maximum atomic E-state index is 5.90. The van der Waals surface area contributed by atoms with E-state index in [-0.39, 0.29) is 6.04 Å². The number of nitrogens with one attached hydrogen (secondary N) is 1. The predicted molar refractivity (Wildman–Crippen MR) is 84.8 cm³/mol. The van der Waals surface area contributed by atoms with Crippen molar-refractivity contribution < 1.29 is 0 Å². The molecule has 1 aromatic carbocycles. The second-order valence-electron chi connectivity index (χ2n) is 6.18. The van der Waals surface area contributed by atoms with Crippen LogP contribution in [0.1, 0.15) is 44.3 Å². The van der Waals surface area contributed by atoms with Crippen LogP contribution >= 0.6 is 0 Å². The Morgan fingerprint density at radius 1 is 1.24 bits per heavy atom. The standard InChI is InChI=1S/C17H24N4/c1-13-6-5-7-14(12-13)17(20-18)16-10-11-19-21(16)15-8-3-2-4-9-15/h2-4,8-11,13-14,17,20H,5-7,12,18H2,1H3. The fourth-order valence-electron chi connectivity index (χ4n) is 3.58. The normalized spacial score (nSPS) is 23.9. The molecule has 0 bridgehead atoms. The molecule has 3 N–H and O–H groups in total. The Hall–Kier alpha value is -1.65. The number of rotatable bonds is 4. The SMILES string of the molecule is CC1CCCC(C(NN)c2ccnn2-c2ccccc2)C1. The molecular formula is C17H24N4. The minimum Gasteiger partial charge on any atom is -0.271 e. The lowest BCUT2D eigenvalue weighted by molar-refractivity contribution is 0.220. The fourth-order valence-corrected chi connectivity index (χ4v) is 3.58. The zero-order chi connectivity index (χ0) is 14.7. The molecule has 1 fully saturated rings. The molecule has 0 saturated heterocycles. The van der Waals surface area contributed by atoms with E-state index in [4.69, 9.17) is 5.84 Å². The van der Waals surface area contributed by atoms with Gasteiger partial charge in [0.25, 0.3) is 0 Å². The molecular weight excluding hydrogens is 260 g/mol. The van der Waals surface area contributed by atoms with Crippen molar-refractivity contribution in [1.29, 1.82) is 0 Å². The van der Waals surface area contributed by atoms with E-state index in [9.17, 15) is 0 Å². The van der Waals surface area contributed by atoms with Gasteiger partial charge >= 0.3 is 0 Å². The highest BCUT2D eigenvalue weighted by Crippen LogP contribution is 2.37. The lowest BCUT2D eigenvalue weighted by Gasteiger charge is -2.33. The zero-order valence-corrected chi connectivity index (χ0v) is 12.6. The summed E-state index contributed by atoms with van der Waals surface area (Å²) in [5.74, 6) is 7.26. The van der Waals surface area contributed by atoms with Crippen LogP contribution in [0.4, 0.5) is 0 Å². The number of nitrogens with zero attached hydrogens (tertiary/aromatic N) is 2. The summed E-state index contributed by atoms with van der Waals surface area (Å²) in [6.45, 7) is 2.34. The van der Waals surface area contributed by atoms with Crippen molar-refractivity contribution in [2.45, 2.75) is 38.6 Å². The van der Waals surface area contributed by atoms with Crippen LogP contribution in [0.2, 0.25) is 0 Å². The predicted octanol–water partition coefficient (Wildman–Crippen LogP) is 3.20. The molecule has 1 saturated carbocycles. The number of aromatic nitrogens is 2. The smallest absolute Gasteiger partial charge is 0.0661 e. The van der Waals surface area contributed by atoms with Crippen molar-refractivity contribution in [2.75, 3.05) is 0 Å². The maximum absolute atomic E-state index is 5.90. The Kier molecular flexibility index (Phi) is 4.36. The number of hydrogen-bond donors (Lipinski definition) is 2. The lowest BCUT2D eigenvalue weighted by Crippen LogP contribution is -2.36. The summed E-state index contributed by atoms with van der Waals surface area (Å²) in [4.78, 5) is 0. The molecule has 1 aliphatic rings. The number of hydrazine groups is 1. The van der Waals surface area contributed by atoms with E-state index in [1.807, 2.05) is 29.1 Å². The highest BCUT2D eigenvalue weighted by molar-refractivity contribution is 5.33. The molecule has 4 nitrogen and oxygen atoms in total. The Morgan fingerprint density at radius 3 is 2.76 bits per heavy atom. The van der Waals surface area contributed by atoms with Crippen LogP contribution in [0.5, 0.6) is 0 Å². The van der Waals surface area contributed by atoms with Crippen LogP contribution in [-0.4, -0.2) is 9.78 Å². The summed E-state index contributed by atoms with van der Waals surface area (Å²) >= 11 is 0. The van der Waals surface area contributed by atoms with Crippen LogP contribution in [0.3, 0.4) is 0 Å². The monoisotopic (exact) mass is 284 g/mol. The van der Waals surface area contributed by atoms with Crippen molar-refractivity contribution in [3.63, 3.8) is 0 Å². The van der Waals surface area contributed by atoms with Crippen LogP contribution in [-0.2, 0) is 0 Å². The van der Waals surface area contributed by atoms with Gasteiger partial charge in [-0.25, -0.2) is 4.68 Å². The minimum absolute atomic E-state index is 0.162. The Balaban J connectivity index is 1.90. The fraction of sp³-hybridized carbons (Fsp3) is 0.471. The van der Waals surface area contributed by atoms with Crippen molar-refractivity contribution in [1.82, 2.24) is 15.2 Å². The Labute approximate surface area is 126 Å². The van der Waals surface area contributed by atoms with E-state index in [0.29, 0.717) is 5.92 Å². The van der Waals surface area contributed by atoms with Gasteiger partial charge < -0.3 is 0 Å². The molecule has 4 heteroatoms. The second-order valence-corrected chi connectivity index (χ2v) is 6.18. The first-order valence-electron chi connectivity index (χ1n) is 7.85. The van der Waals surface area contributed by atoms with Gasteiger partial charge in [-0.05, 0) is 42.9 Å². The molecule has 1 aromatic heterocycles. The minimum atomic E-state index is 0.162. The largest absolute Gasteiger partial charge is 0.271 e. The van der Waals surface area contributed by atoms with Gasteiger partial charge in [-0.3, -0.25) is 11.3 Å². The topological polar surface area (TPSA) is 55.9 Å². The van der Waals surface area contributed by atoms with Gasteiger partial charge in [-0.1, -0.05) is 38.0 Å². The van der Waals surface area contributed by atoms with Gasteiger partial charge in [0.05, 0.1) is 17.4 Å². The van der Waals surface area contributed by atoms with Gasteiger partial charge in [0, 0.05) is 6.20 Å². The third kappa shape index (κ3) is 3.01. The molecule has 0 radical (unpaired) electrons. The van der Waals surface area contributed by atoms with Gasteiger partial charge in [0.1, 0.15) is 0 Å². The van der Waals surface area contributed by atoms with E-state index < -0.39 is 0 Å². The number of nitrogens with two attached hydrogens (primary N) is 1. The van der Waals surface area contributed by atoms with Crippen LogP contribution in [0, 0.1) is 11.8 Å². The molecule has 1 aliphatic carbocycles. The molecule has 3 atom stereocenters. The average Bonchev–Trinajstić information content (AvgIpc) is 2.98. The average molecular weight is 284 g/mol. The van der Waals surface area contributed by atoms with Crippen LogP contribution < -0.4 is 11.3 Å². The van der Waals surface area contributed by atoms with E-state index in [1.54, 1.807) is 0 Å². The van der Waals surface area contributed by atoms with Crippen molar-refractivity contribution in [2.24, 2.45) is 17.7 Å². The van der Waals surface area contributed by atoms with Crippen molar-refractivity contribution in [3.05, 3.63) is 48.3 Å². The molecule has 112 valence electrons. The molecule has 3 unspecified atom stereocenters. The number of hydrogen-bond acceptors (Lipinski definition) is 3. The van der Waals surface area contributed by atoms with Gasteiger partial charge in [-0.15, -0.1) is 0 Å². The highest BCUT2D eigenvalue weighted by Gasteiger charge is 2.29. The van der Waals surface area contributed by atoms with E-state index in [2.05, 4.69) is 35.6 Å². The van der Waals surface area contributed by atoms with Gasteiger partial charge in [0.15, 0.2) is 0 Å². The zero-order valence-electron chi connectivity index (χ0n) is 12.6. The van der Waals surface area contributed by atoms with Crippen LogP contribution in [0.15, 0.2) is 42.6 Å². The first-order valence-corrected chi connectivity index (χ1v) is 7.85. The molecule has 0 amide bonds. The lowest BCUT2D eigenvalue weighted by atomic mass is 9.78. The summed E-state index contributed by atoms with van der Waals surface area (Å²) in [6, 6.07) is 12.5. The van der Waals surface area contributed by atoms with E-state index in [0.717, 1.165) is 17.3 Å². The highest BCUT2D eigenvalue weighted by atomic mass is 15.3. The third-order valence-corrected chi connectivity index (χ3v) is 4.62. The molecule has 2 aromatic rings. The summed E-state index contributed by atoms with van der Waals surface area (Å²) in [6.07, 6.45) is 6.96. The van der Waals surface area contributed by atoms with Crippen molar-refractivity contribution >= 4 is 0 Å². The molecule has 0 aliphatic heterocycles. The van der Waals surface area contributed by atoms with Crippen LogP contribution in [0.25, 0.3) is 5.69 Å². The quantitative estimate of drug-likeness (QED) is 0.669. The van der Waals surface area contributed by atoms with E-state index >= 15 is 0 Å². The number of benzene rings is 1. The first-order chi connectivity index (χ1) is 10.3. The molecule has 1 heterocycles. The van der Waals surface area contributed by atoms with Gasteiger partial charge in [0.2, 0.25) is 0 Å². The summed E-state index contributed by atoms with van der Waals surface area (Å²) in [7, 11) is 0. The second kappa shape index (κ2) is 6.41. The summed E-state index contributed by atoms with van der Waals surface area (Å²) in [5, 5.41) is 4.49. The number of para-hydroxylation sites is 1.